The predicted molar refractivity (Wildman–Crippen MR) is 84.1 cm³/mol. The molecule has 0 aromatic carbocycles. The molecular formula is C12H21IN4O. The third-order valence-corrected chi connectivity index (χ3v) is 2.13. The summed E-state index contributed by atoms with van der Waals surface area (Å²) in [5, 5.41) is 3.04. The van der Waals surface area contributed by atoms with Crippen LogP contribution in [0.15, 0.2) is 29.5 Å². The number of ether oxygens (including phenoxy) is 1. The van der Waals surface area contributed by atoms with E-state index in [1.54, 1.807) is 12.4 Å². The fraction of sp³-hybridized carbons (Fsp3) is 0.500. The molecule has 1 rings (SSSR count). The molecule has 0 bridgehead atoms. The molecule has 0 atom stereocenters. The van der Waals surface area contributed by atoms with E-state index in [0.29, 0.717) is 12.5 Å². The first-order valence-corrected chi connectivity index (χ1v) is 5.83. The number of hydrogen-bond donors (Lipinski definition) is 2. The van der Waals surface area contributed by atoms with Crippen molar-refractivity contribution in [3.8, 4) is 0 Å². The molecule has 5 nitrogen and oxygen atoms in total. The number of aliphatic imine (C=N–C) groups is 1. The average molecular weight is 364 g/mol. The lowest BCUT2D eigenvalue weighted by Gasteiger charge is -2.05. The summed E-state index contributed by atoms with van der Waals surface area (Å²) in [5.41, 5.74) is 6.76. The molecule has 0 spiro atoms. The Morgan fingerprint density at radius 3 is 3.06 bits per heavy atom. The minimum absolute atomic E-state index is 0. The smallest absolute Gasteiger partial charge is 0.188 e. The average Bonchev–Trinajstić information content (AvgIpc) is 2.37. The Kier molecular flexibility index (Phi) is 10.7. The van der Waals surface area contributed by atoms with E-state index in [0.717, 1.165) is 31.7 Å². The summed E-state index contributed by atoms with van der Waals surface area (Å²) < 4.78 is 5.22. The largest absolute Gasteiger partial charge is 0.382 e. The third-order valence-electron chi connectivity index (χ3n) is 2.13. The first kappa shape index (κ1) is 17.1. The zero-order valence-electron chi connectivity index (χ0n) is 10.6. The number of guanidine groups is 1. The van der Waals surface area contributed by atoms with Gasteiger partial charge in [-0.3, -0.25) is 4.98 Å². The van der Waals surface area contributed by atoms with E-state index in [4.69, 9.17) is 10.5 Å². The van der Waals surface area contributed by atoms with Crippen LogP contribution in [-0.4, -0.2) is 30.7 Å². The van der Waals surface area contributed by atoms with Crippen LogP contribution >= 0.6 is 24.0 Å². The topological polar surface area (TPSA) is 72.5 Å². The SMILES string of the molecule is CCOCCCNC(N)=NCc1cccnc1.I. The molecule has 6 heteroatoms. The Balaban J connectivity index is 0.00000289. The van der Waals surface area contributed by atoms with Crippen LogP contribution in [0.3, 0.4) is 0 Å². The first-order valence-electron chi connectivity index (χ1n) is 5.83. The Morgan fingerprint density at radius 2 is 2.39 bits per heavy atom. The highest BCUT2D eigenvalue weighted by atomic mass is 127. The second-order valence-corrected chi connectivity index (χ2v) is 3.54. The molecule has 1 aromatic rings. The van der Waals surface area contributed by atoms with Gasteiger partial charge in [0.2, 0.25) is 0 Å². The second-order valence-electron chi connectivity index (χ2n) is 3.54. The molecule has 0 radical (unpaired) electrons. The summed E-state index contributed by atoms with van der Waals surface area (Å²) in [6, 6.07) is 3.86. The molecule has 0 aliphatic carbocycles. The quantitative estimate of drug-likeness (QED) is 0.333. The van der Waals surface area contributed by atoms with Gasteiger partial charge in [-0.2, -0.15) is 0 Å². The molecule has 1 aromatic heterocycles. The molecular weight excluding hydrogens is 343 g/mol. The number of nitrogens with one attached hydrogen (secondary N) is 1. The molecule has 0 amide bonds. The van der Waals surface area contributed by atoms with Crippen LogP contribution in [0.25, 0.3) is 0 Å². The summed E-state index contributed by atoms with van der Waals surface area (Å²) in [4.78, 5) is 8.23. The number of hydrogen-bond acceptors (Lipinski definition) is 3. The number of rotatable bonds is 7. The Morgan fingerprint density at radius 1 is 1.56 bits per heavy atom. The van der Waals surface area contributed by atoms with E-state index in [-0.39, 0.29) is 24.0 Å². The van der Waals surface area contributed by atoms with Gasteiger partial charge in [-0.15, -0.1) is 24.0 Å². The van der Waals surface area contributed by atoms with Crippen molar-refractivity contribution in [2.24, 2.45) is 10.7 Å². The van der Waals surface area contributed by atoms with Crippen molar-refractivity contribution >= 4 is 29.9 Å². The summed E-state index contributed by atoms with van der Waals surface area (Å²) in [6.45, 7) is 4.82. The molecule has 0 saturated carbocycles. The van der Waals surface area contributed by atoms with Gasteiger partial charge in [0.15, 0.2) is 5.96 Å². The molecule has 0 unspecified atom stereocenters. The third kappa shape index (κ3) is 8.24. The van der Waals surface area contributed by atoms with Crippen LogP contribution in [0.4, 0.5) is 0 Å². The maximum atomic E-state index is 5.71. The van der Waals surface area contributed by atoms with Gasteiger partial charge < -0.3 is 15.8 Å². The fourth-order valence-corrected chi connectivity index (χ4v) is 1.26. The van der Waals surface area contributed by atoms with Crippen LogP contribution in [0.1, 0.15) is 18.9 Å². The van der Waals surface area contributed by atoms with Crippen molar-refractivity contribution in [3.63, 3.8) is 0 Å². The van der Waals surface area contributed by atoms with Gasteiger partial charge in [-0.25, -0.2) is 4.99 Å². The van der Waals surface area contributed by atoms with Crippen molar-refractivity contribution in [2.75, 3.05) is 19.8 Å². The van der Waals surface area contributed by atoms with E-state index in [9.17, 15) is 0 Å². The number of aromatic nitrogens is 1. The van der Waals surface area contributed by atoms with Gasteiger partial charge in [0.25, 0.3) is 0 Å². The summed E-state index contributed by atoms with van der Waals surface area (Å²) in [7, 11) is 0. The molecule has 0 aliphatic rings. The first-order chi connectivity index (χ1) is 8.33. The number of halogens is 1. The molecule has 1 heterocycles. The maximum Gasteiger partial charge on any atom is 0.188 e. The summed E-state index contributed by atoms with van der Waals surface area (Å²) >= 11 is 0. The minimum Gasteiger partial charge on any atom is -0.382 e. The van der Waals surface area contributed by atoms with Gasteiger partial charge in [0.05, 0.1) is 6.54 Å². The lowest BCUT2D eigenvalue weighted by Crippen LogP contribution is -2.32. The van der Waals surface area contributed by atoms with E-state index in [2.05, 4.69) is 15.3 Å². The van der Waals surface area contributed by atoms with E-state index in [1.807, 2.05) is 19.1 Å². The highest BCUT2D eigenvalue weighted by Gasteiger charge is 1.93. The van der Waals surface area contributed by atoms with Crippen LogP contribution in [0.5, 0.6) is 0 Å². The molecule has 0 fully saturated rings. The van der Waals surface area contributed by atoms with Gasteiger partial charge in [0.1, 0.15) is 0 Å². The lowest BCUT2D eigenvalue weighted by molar-refractivity contribution is 0.145. The standard InChI is InChI=1S/C12H20N4O.HI/c1-2-17-8-4-7-15-12(13)16-10-11-5-3-6-14-9-11;/h3,5-6,9H,2,4,7-8,10H2,1H3,(H3,13,15,16);1H. The van der Waals surface area contributed by atoms with E-state index >= 15 is 0 Å². The van der Waals surface area contributed by atoms with Gasteiger partial charge in [-0.1, -0.05) is 6.07 Å². The number of nitrogens with zero attached hydrogens (tertiary/aromatic N) is 2. The highest BCUT2D eigenvalue weighted by Crippen LogP contribution is 1.96. The summed E-state index contributed by atoms with van der Waals surface area (Å²) in [5.74, 6) is 0.463. The van der Waals surface area contributed by atoms with Crippen LogP contribution in [0.2, 0.25) is 0 Å². The van der Waals surface area contributed by atoms with Crippen molar-refractivity contribution < 1.29 is 4.74 Å². The van der Waals surface area contributed by atoms with Gasteiger partial charge >= 0.3 is 0 Å². The zero-order chi connectivity index (χ0) is 12.3. The lowest BCUT2D eigenvalue weighted by atomic mass is 10.3. The van der Waals surface area contributed by atoms with E-state index in [1.165, 1.54) is 0 Å². The molecule has 18 heavy (non-hydrogen) atoms. The van der Waals surface area contributed by atoms with Crippen molar-refractivity contribution in [1.82, 2.24) is 10.3 Å². The Bertz CT molecular complexity index is 332. The van der Waals surface area contributed by atoms with E-state index < -0.39 is 0 Å². The van der Waals surface area contributed by atoms with Crippen LogP contribution < -0.4 is 11.1 Å². The van der Waals surface area contributed by atoms with Crippen molar-refractivity contribution in [3.05, 3.63) is 30.1 Å². The monoisotopic (exact) mass is 364 g/mol. The molecule has 0 aliphatic heterocycles. The molecule has 3 N–H and O–H groups in total. The Labute approximate surface area is 125 Å². The van der Waals surface area contributed by atoms with Crippen LogP contribution in [0, 0.1) is 0 Å². The summed E-state index contributed by atoms with van der Waals surface area (Å²) in [6.07, 6.45) is 4.45. The maximum absolute atomic E-state index is 5.71. The van der Waals surface area contributed by atoms with Crippen molar-refractivity contribution in [2.45, 2.75) is 19.9 Å². The highest BCUT2D eigenvalue weighted by molar-refractivity contribution is 14.0. The zero-order valence-corrected chi connectivity index (χ0v) is 13.0. The Hall–Kier alpha value is -0.890. The van der Waals surface area contributed by atoms with Crippen molar-refractivity contribution in [1.29, 1.82) is 0 Å². The number of pyridine rings is 1. The van der Waals surface area contributed by atoms with Crippen LogP contribution in [-0.2, 0) is 11.3 Å². The van der Waals surface area contributed by atoms with Gasteiger partial charge in [0, 0.05) is 32.2 Å². The second kappa shape index (κ2) is 11.2. The minimum atomic E-state index is 0. The molecule has 102 valence electrons. The predicted octanol–water partition coefficient (Wildman–Crippen LogP) is 1.53. The molecule has 0 saturated heterocycles. The number of nitrogens with two attached hydrogens (primary N) is 1. The normalized spacial score (nSPS) is 10.8. The van der Waals surface area contributed by atoms with Gasteiger partial charge in [-0.05, 0) is 25.0 Å². The fourth-order valence-electron chi connectivity index (χ4n) is 1.26.